The molecule has 1 atom stereocenters. The highest BCUT2D eigenvalue weighted by Gasteiger charge is 2.18. The Hall–Kier alpha value is -2.53. The van der Waals surface area contributed by atoms with E-state index < -0.39 is 12.0 Å². The van der Waals surface area contributed by atoms with Crippen LogP contribution in [-0.2, 0) is 16.0 Å². The fraction of sp³-hybridized carbons (Fsp3) is 0.300. The smallest absolute Gasteiger partial charge is 0.305 e. The number of carbonyl (C=O) groups is 2. The normalized spacial score (nSPS) is 11.8. The van der Waals surface area contributed by atoms with Crippen molar-refractivity contribution in [1.82, 2.24) is 5.32 Å². The Labute approximate surface area is 157 Å². The molecule has 2 rings (SSSR count). The number of halogens is 1. The van der Waals surface area contributed by atoms with Crippen LogP contribution in [0.25, 0.3) is 0 Å². The van der Waals surface area contributed by atoms with Gasteiger partial charge in [-0.2, -0.15) is 0 Å². The fourth-order valence-corrected chi connectivity index (χ4v) is 2.64. The van der Waals surface area contributed by atoms with Gasteiger partial charge in [0.2, 0.25) is 5.91 Å². The van der Waals surface area contributed by atoms with Crippen LogP contribution in [0.4, 0.5) is 0 Å². The molecule has 0 aliphatic carbocycles. The number of nitrogens with one attached hydrogen (secondary N) is 1. The highest BCUT2D eigenvalue weighted by molar-refractivity contribution is 6.30. The molecule has 2 aromatic rings. The maximum Gasteiger partial charge on any atom is 0.305 e. The third kappa shape index (κ3) is 6.41. The van der Waals surface area contributed by atoms with Gasteiger partial charge in [0.1, 0.15) is 5.75 Å². The van der Waals surface area contributed by atoms with Crippen molar-refractivity contribution in [3.8, 4) is 5.75 Å². The molecule has 138 valence electrons. The Balaban J connectivity index is 2.07. The van der Waals surface area contributed by atoms with E-state index in [4.69, 9.17) is 21.4 Å². The first-order chi connectivity index (χ1) is 12.3. The Morgan fingerprint density at radius 3 is 2.23 bits per heavy atom. The summed E-state index contributed by atoms with van der Waals surface area (Å²) in [6.45, 7) is 3.86. The fourth-order valence-electron chi connectivity index (χ4n) is 2.51. The van der Waals surface area contributed by atoms with Crippen molar-refractivity contribution in [2.45, 2.75) is 38.8 Å². The van der Waals surface area contributed by atoms with Crippen molar-refractivity contribution in [3.05, 3.63) is 64.7 Å². The molecule has 0 aromatic heterocycles. The van der Waals surface area contributed by atoms with E-state index in [1.165, 1.54) is 0 Å². The van der Waals surface area contributed by atoms with Gasteiger partial charge in [-0.15, -0.1) is 0 Å². The molecule has 0 fully saturated rings. The van der Waals surface area contributed by atoms with E-state index in [-0.39, 0.29) is 24.9 Å². The SMILES string of the molecule is CC(C)Oc1ccc([C@@H](CC(=O)O)NC(=O)Cc2ccc(Cl)cc2)cc1. The van der Waals surface area contributed by atoms with Crippen molar-refractivity contribution in [1.29, 1.82) is 0 Å². The lowest BCUT2D eigenvalue weighted by Crippen LogP contribution is -2.31. The first kappa shape index (κ1) is 19.8. The molecule has 6 heteroatoms. The Bertz CT molecular complexity index is 741. The number of aliphatic carboxylic acids is 1. The molecule has 0 radical (unpaired) electrons. The summed E-state index contributed by atoms with van der Waals surface area (Å²) in [5.41, 5.74) is 1.52. The Morgan fingerprint density at radius 1 is 1.08 bits per heavy atom. The van der Waals surface area contributed by atoms with Gasteiger partial charge < -0.3 is 15.2 Å². The summed E-state index contributed by atoms with van der Waals surface area (Å²) in [6.07, 6.45) is 0.00761. The molecule has 2 aromatic carbocycles. The van der Waals surface area contributed by atoms with Gasteiger partial charge in [-0.3, -0.25) is 9.59 Å². The molecule has 0 unspecified atom stereocenters. The van der Waals surface area contributed by atoms with Gasteiger partial charge in [-0.05, 0) is 49.2 Å². The van der Waals surface area contributed by atoms with Gasteiger partial charge in [0.25, 0.3) is 0 Å². The number of hydrogen-bond donors (Lipinski definition) is 2. The number of carboxylic acids is 1. The third-order valence-electron chi connectivity index (χ3n) is 3.65. The van der Waals surface area contributed by atoms with Gasteiger partial charge in [0.05, 0.1) is 25.0 Å². The minimum atomic E-state index is -0.982. The zero-order valence-corrected chi connectivity index (χ0v) is 15.5. The van der Waals surface area contributed by atoms with E-state index in [1.54, 1.807) is 48.5 Å². The molecular weight excluding hydrogens is 354 g/mol. The van der Waals surface area contributed by atoms with E-state index in [0.717, 1.165) is 5.56 Å². The van der Waals surface area contributed by atoms with Crippen LogP contribution in [0.15, 0.2) is 48.5 Å². The molecule has 1 amide bonds. The summed E-state index contributed by atoms with van der Waals surface area (Å²) in [4.78, 5) is 23.5. The molecular formula is C20H22ClNO4. The van der Waals surface area contributed by atoms with Crippen LogP contribution in [-0.4, -0.2) is 23.1 Å². The summed E-state index contributed by atoms with van der Waals surface area (Å²) in [5, 5.41) is 12.6. The van der Waals surface area contributed by atoms with Gasteiger partial charge >= 0.3 is 5.97 Å². The van der Waals surface area contributed by atoms with Gasteiger partial charge in [-0.1, -0.05) is 35.9 Å². The lowest BCUT2D eigenvalue weighted by atomic mass is 10.0. The largest absolute Gasteiger partial charge is 0.491 e. The number of benzene rings is 2. The molecule has 0 bridgehead atoms. The minimum absolute atomic E-state index is 0.0507. The topological polar surface area (TPSA) is 75.6 Å². The Morgan fingerprint density at radius 2 is 1.69 bits per heavy atom. The average molecular weight is 376 g/mol. The van der Waals surface area contributed by atoms with Crippen LogP contribution >= 0.6 is 11.6 Å². The van der Waals surface area contributed by atoms with Crippen LogP contribution in [0.2, 0.25) is 5.02 Å². The second kappa shape index (κ2) is 9.25. The molecule has 0 saturated carbocycles. The lowest BCUT2D eigenvalue weighted by Gasteiger charge is -2.18. The first-order valence-corrected chi connectivity index (χ1v) is 8.73. The molecule has 5 nitrogen and oxygen atoms in total. The molecule has 0 spiro atoms. The number of hydrogen-bond acceptors (Lipinski definition) is 3. The second-order valence-electron chi connectivity index (χ2n) is 6.26. The molecule has 2 N–H and O–H groups in total. The number of carbonyl (C=O) groups excluding carboxylic acids is 1. The lowest BCUT2D eigenvalue weighted by molar-refractivity contribution is -0.137. The Kier molecular flexibility index (Phi) is 7.04. The summed E-state index contributed by atoms with van der Waals surface area (Å²) in [6, 6.07) is 13.4. The van der Waals surface area contributed by atoms with E-state index in [9.17, 15) is 9.59 Å². The van der Waals surface area contributed by atoms with Crippen LogP contribution in [0.3, 0.4) is 0 Å². The van der Waals surface area contributed by atoms with Crippen LogP contribution in [0, 0.1) is 0 Å². The van der Waals surface area contributed by atoms with Crippen LogP contribution < -0.4 is 10.1 Å². The second-order valence-corrected chi connectivity index (χ2v) is 6.69. The average Bonchev–Trinajstić information content (AvgIpc) is 2.56. The number of carboxylic acid groups (broad SMARTS) is 1. The summed E-state index contributed by atoms with van der Waals surface area (Å²) >= 11 is 5.84. The van der Waals surface area contributed by atoms with E-state index in [1.807, 2.05) is 13.8 Å². The van der Waals surface area contributed by atoms with Crippen LogP contribution in [0.1, 0.15) is 37.4 Å². The molecule has 0 aliphatic heterocycles. The zero-order valence-electron chi connectivity index (χ0n) is 14.7. The van der Waals surface area contributed by atoms with Gasteiger partial charge in [0.15, 0.2) is 0 Å². The molecule has 26 heavy (non-hydrogen) atoms. The molecule has 0 aliphatic rings. The third-order valence-corrected chi connectivity index (χ3v) is 3.90. The summed E-state index contributed by atoms with van der Waals surface area (Å²) in [7, 11) is 0. The number of rotatable bonds is 8. The zero-order chi connectivity index (χ0) is 19.1. The predicted molar refractivity (Wildman–Crippen MR) is 100 cm³/mol. The summed E-state index contributed by atoms with van der Waals surface area (Å²) in [5.74, 6) is -0.532. The maximum atomic E-state index is 12.3. The minimum Gasteiger partial charge on any atom is -0.491 e. The number of ether oxygens (including phenoxy) is 1. The van der Waals surface area contributed by atoms with Crippen LogP contribution in [0.5, 0.6) is 5.75 Å². The van der Waals surface area contributed by atoms with Crippen molar-refractivity contribution in [2.75, 3.05) is 0 Å². The first-order valence-electron chi connectivity index (χ1n) is 8.35. The highest BCUT2D eigenvalue weighted by Crippen LogP contribution is 2.21. The summed E-state index contributed by atoms with van der Waals surface area (Å²) < 4.78 is 5.59. The van der Waals surface area contributed by atoms with Gasteiger partial charge in [0, 0.05) is 5.02 Å². The van der Waals surface area contributed by atoms with Crippen molar-refractivity contribution >= 4 is 23.5 Å². The van der Waals surface area contributed by atoms with Crippen molar-refractivity contribution in [3.63, 3.8) is 0 Å². The molecule has 0 saturated heterocycles. The number of amides is 1. The molecule has 0 heterocycles. The highest BCUT2D eigenvalue weighted by atomic mass is 35.5. The monoisotopic (exact) mass is 375 g/mol. The quantitative estimate of drug-likeness (QED) is 0.731. The standard InChI is InChI=1S/C20H22ClNO4/c1-13(2)26-17-9-5-15(6-10-17)18(12-20(24)25)22-19(23)11-14-3-7-16(21)8-4-14/h3-10,13,18H,11-12H2,1-2H3,(H,22,23)(H,24,25)/t18-/m1/s1. The maximum absolute atomic E-state index is 12.3. The van der Waals surface area contributed by atoms with E-state index in [0.29, 0.717) is 16.3 Å². The van der Waals surface area contributed by atoms with Crippen molar-refractivity contribution in [2.24, 2.45) is 0 Å². The van der Waals surface area contributed by atoms with E-state index >= 15 is 0 Å². The predicted octanol–water partition coefficient (Wildman–Crippen LogP) is 4.00. The van der Waals surface area contributed by atoms with E-state index in [2.05, 4.69) is 5.32 Å². The van der Waals surface area contributed by atoms with Gasteiger partial charge in [-0.25, -0.2) is 0 Å². The van der Waals surface area contributed by atoms with Crippen molar-refractivity contribution < 1.29 is 19.4 Å².